The van der Waals surface area contributed by atoms with Gasteiger partial charge in [0.05, 0.1) is 0 Å². The van der Waals surface area contributed by atoms with E-state index in [2.05, 4.69) is 39.9 Å². The molecule has 0 saturated heterocycles. The van der Waals surface area contributed by atoms with Gasteiger partial charge in [-0.2, -0.15) is 0 Å². The molecule has 0 aromatic rings. The molecule has 0 unspecified atom stereocenters. The molecule has 0 fully saturated rings. The predicted molar refractivity (Wildman–Crippen MR) is 47.2 cm³/mol. The van der Waals surface area contributed by atoms with Gasteiger partial charge < -0.3 is 5.32 Å². The Morgan fingerprint density at radius 1 is 1.10 bits per heavy atom. The minimum absolute atomic E-state index is 0.271. The maximum absolute atomic E-state index is 3.37. The Hall–Kier alpha value is -0.0400. The van der Waals surface area contributed by atoms with Crippen LogP contribution in [0.2, 0.25) is 0 Å². The van der Waals surface area contributed by atoms with Crippen LogP contribution in [0.4, 0.5) is 0 Å². The summed E-state index contributed by atoms with van der Waals surface area (Å²) in [7, 11) is 2.04. The molecule has 1 N–H and O–H groups in total. The van der Waals surface area contributed by atoms with Crippen LogP contribution < -0.4 is 5.32 Å². The van der Waals surface area contributed by atoms with Gasteiger partial charge in [0.2, 0.25) is 0 Å². The van der Waals surface area contributed by atoms with Gasteiger partial charge in [-0.05, 0) is 25.8 Å². The van der Waals surface area contributed by atoms with Gasteiger partial charge in [-0.15, -0.1) is 0 Å². The lowest BCUT2D eigenvalue weighted by molar-refractivity contribution is 0.161. The molecule has 0 aromatic heterocycles. The molecular formula is C9H21N. The first-order valence-electron chi connectivity index (χ1n) is 4.06. The standard InChI is InChI=1S/C9H21N/c1-7-9(5,10-6)8(2,3)4/h10H,7H2,1-6H3/t9-/m0/s1. The maximum atomic E-state index is 3.37. The number of rotatable bonds is 2. The van der Waals surface area contributed by atoms with Gasteiger partial charge in [0.15, 0.2) is 0 Å². The molecule has 1 nitrogen and oxygen atoms in total. The fourth-order valence-electron chi connectivity index (χ4n) is 1.08. The third-order valence-corrected chi connectivity index (χ3v) is 2.91. The van der Waals surface area contributed by atoms with E-state index in [1.807, 2.05) is 7.05 Å². The van der Waals surface area contributed by atoms with Crippen LogP contribution in [0.3, 0.4) is 0 Å². The van der Waals surface area contributed by atoms with E-state index in [-0.39, 0.29) is 5.54 Å². The van der Waals surface area contributed by atoms with Crippen LogP contribution in [0, 0.1) is 5.41 Å². The van der Waals surface area contributed by atoms with Crippen molar-refractivity contribution >= 4 is 0 Å². The Kier molecular flexibility index (Phi) is 2.90. The van der Waals surface area contributed by atoms with E-state index in [0.29, 0.717) is 5.41 Å². The maximum Gasteiger partial charge on any atom is 0.0196 e. The van der Waals surface area contributed by atoms with Crippen LogP contribution in [0.25, 0.3) is 0 Å². The topological polar surface area (TPSA) is 12.0 Å². The molecule has 0 aliphatic rings. The summed E-state index contributed by atoms with van der Waals surface area (Å²) in [6.45, 7) is 11.3. The van der Waals surface area contributed by atoms with E-state index < -0.39 is 0 Å². The minimum atomic E-state index is 0.271. The van der Waals surface area contributed by atoms with Gasteiger partial charge in [0, 0.05) is 5.54 Å². The second kappa shape index (κ2) is 2.91. The summed E-state index contributed by atoms with van der Waals surface area (Å²) in [5.41, 5.74) is 0.615. The Morgan fingerprint density at radius 2 is 1.50 bits per heavy atom. The first-order valence-corrected chi connectivity index (χ1v) is 4.06. The molecule has 1 heteroatoms. The summed E-state index contributed by atoms with van der Waals surface area (Å²) in [5, 5.41) is 3.37. The SMILES string of the molecule is CC[C@](C)(NC)C(C)(C)C. The zero-order valence-corrected chi connectivity index (χ0v) is 8.21. The van der Waals surface area contributed by atoms with E-state index in [0.717, 1.165) is 0 Å². The summed E-state index contributed by atoms with van der Waals surface area (Å²) < 4.78 is 0. The molecule has 0 aromatic carbocycles. The predicted octanol–water partition coefficient (Wildman–Crippen LogP) is 2.42. The number of hydrogen-bond donors (Lipinski definition) is 1. The smallest absolute Gasteiger partial charge is 0.0196 e. The van der Waals surface area contributed by atoms with Crippen LogP contribution in [0.1, 0.15) is 41.0 Å². The van der Waals surface area contributed by atoms with E-state index in [1.165, 1.54) is 6.42 Å². The Bertz CT molecular complexity index is 95.8. The molecular weight excluding hydrogens is 122 g/mol. The van der Waals surface area contributed by atoms with E-state index in [1.54, 1.807) is 0 Å². The minimum Gasteiger partial charge on any atom is -0.314 e. The van der Waals surface area contributed by atoms with Crippen molar-refractivity contribution in [3.8, 4) is 0 Å². The quantitative estimate of drug-likeness (QED) is 0.626. The van der Waals surface area contributed by atoms with Gasteiger partial charge in [0.1, 0.15) is 0 Å². The van der Waals surface area contributed by atoms with Gasteiger partial charge >= 0.3 is 0 Å². The second-order valence-corrected chi connectivity index (χ2v) is 4.19. The molecule has 0 saturated carbocycles. The van der Waals surface area contributed by atoms with Crippen LogP contribution >= 0.6 is 0 Å². The van der Waals surface area contributed by atoms with Gasteiger partial charge in [-0.1, -0.05) is 27.7 Å². The first-order chi connectivity index (χ1) is 4.37. The van der Waals surface area contributed by atoms with Crippen LogP contribution in [-0.2, 0) is 0 Å². The van der Waals surface area contributed by atoms with Crippen LogP contribution in [0.5, 0.6) is 0 Å². The lowest BCUT2D eigenvalue weighted by Gasteiger charge is -2.41. The fraction of sp³-hybridized carbons (Fsp3) is 1.00. The molecule has 1 atom stereocenters. The van der Waals surface area contributed by atoms with Crippen molar-refractivity contribution in [1.82, 2.24) is 5.32 Å². The molecule has 0 spiro atoms. The third kappa shape index (κ3) is 1.72. The summed E-state index contributed by atoms with van der Waals surface area (Å²) in [4.78, 5) is 0. The highest BCUT2D eigenvalue weighted by atomic mass is 14.9. The monoisotopic (exact) mass is 143 g/mol. The average molecular weight is 143 g/mol. The Balaban J connectivity index is 4.33. The number of hydrogen-bond acceptors (Lipinski definition) is 1. The average Bonchev–Trinajstić information content (AvgIpc) is 1.84. The van der Waals surface area contributed by atoms with Crippen molar-refractivity contribution in [3.63, 3.8) is 0 Å². The zero-order valence-electron chi connectivity index (χ0n) is 8.21. The number of nitrogens with one attached hydrogen (secondary N) is 1. The molecule has 0 aliphatic heterocycles. The molecule has 0 amide bonds. The zero-order chi connectivity index (χ0) is 8.41. The second-order valence-electron chi connectivity index (χ2n) is 4.19. The first kappa shape index (κ1) is 9.96. The highest BCUT2D eigenvalue weighted by Crippen LogP contribution is 2.31. The molecule has 0 aliphatic carbocycles. The van der Waals surface area contributed by atoms with Gasteiger partial charge in [-0.3, -0.25) is 0 Å². The van der Waals surface area contributed by atoms with Crippen LogP contribution in [-0.4, -0.2) is 12.6 Å². The van der Waals surface area contributed by atoms with Crippen molar-refractivity contribution in [1.29, 1.82) is 0 Å². The molecule has 0 heterocycles. The highest BCUT2D eigenvalue weighted by Gasteiger charge is 2.33. The van der Waals surface area contributed by atoms with Crippen molar-refractivity contribution in [2.24, 2.45) is 5.41 Å². The summed E-state index contributed by atoms with van der Waals surface area (Å²) in [5.74, 6) is 0. The van der Waals surface area contributed by atoms with Gasteiger partial charge in [-0.25, -0.2) is 0 Å². The summed E-state index contributed by atoms with van der Waals surface area (Å²) >= 11 is 0. The van der Waals surface area contributed by atoms with E-state index in [4.69, 9.17) is 0 Å². The lowest BCUT2D eigenvalue weighted by atomic mass is 9.73. The van der Waals surface area contributed by atoms with Crippen molar-refractivity contribution in [2.45, 2.75) is 46.6 Å². The lowest BCUT2D eigenvalue weighted by Crippen LogP contribution is -2.50. The van der Waals surface area contributed by atoms with Crippen molar-refractivity contribution in [3.05, 3.63) is 0 Å². The van der Waals surface area contributed by atoms with E-state index in [9.17, 15) is 0 Å². The Morgan fingerprint density at radius 3 is 1.50 bits per heavy atom. The fourth-order valence-corrected chi connectivity index (χ4v) is 1.08. The molecule has 0 rings (SSSR count). The highest BCUT2D eigenvalue weighted by molar-refractivity contribution is 4.91. The largest absolute Gasteiger partial charge is 0.314 e. The molecule has 62 valence electrons. The normalized spacial score (nSPS) is 18.6. The molecule has 10 heavy (non-hydrogen) atoms. The summed E-state index contributed by atoms with van der Waals surface area (Å²) in [6, 6.07) is 0. The van der Waals surface area contributed by atoms with Gasteiger partial charge in [0.25, 0.3) is 0 Å². The Labute approximate surface area is 65.2 Å². The van der Waals surface area contributed by atoms with E-state index >= 15 is 0 Å². The third-order valence-electron chi connectivity index (χ3n) is 2.91. The molecule has 0 bridgehead atoms. The molecule has 0 radical (unpaired) electrons. The van der Waals surface area contributed by atoms with Crippen LogP contribution in [0.15, 0.2) is 0 Å². The summed E-state index contributed by atoms with van der Waals surface area (Å²) in [6.07, 6.45) is 1.17. The van der Waals surface area contributed by atoms with Crippen molar-refractivity contribution < 1.29 is 0 Å². The van der Waals surface area contributed by atoms with Crippen molar-refractivity contribution in [2.75, 3.05) is 7.05 Å².